The topological polar surface area (TPSA) is 103 Å². The van der Waals surface area contributed by atoms with Crippen molar-refractivity contribution in [3.05, 3.63) is 42.0 Å². The zero-order valence-corrected chi connectivity index (χ0v) is 20.1. The standard InChI is InChI=1S/C23H30N2O7S/c1-29-19-6-5-7-20(30-2)18(19)15-24-23(26)16-10-12-25(13-11-16)33(27,28)17-8-9-21(31-3)22(14-17)32-4/h5-9,14,16H,10-13,15H2,1-4H3,(H,24,26). The minimum absolute atomic E-state index is 0.119. The summed E-state index contributed by atoms with van der Waals surface area (Å²) in [4.78, 5) is 12.9. The highest BCUT2D eigenvalue weighted by Gasteiger charge is 2.32. The van der Waals surface area contributed by atoms with Gasteiger partial charge < -0.3 is 24.3 Å². The third kappa shape index (κ3) is 5.33. The Morgan fingerprint density at radius 1 is 0.909 bits per heavy atom. The number of amides is 1. The van der Waals surface area contributed by atoms with E-state index in [1.165, 1.54) is 30.7 Å². The molecule has 1 heterocycles. The molecule has 9 nitrogen and oxygen atoms in total. The summed E-state index contributed by atoms with van der Waals surface area (Å²) in [6, 6.07) is 9.95. The molecule has 0 atom stereocenters. The normalized spacial score (nSPS) is 15.0. The molecule has 1 aliphatic heterocycles. The molecule has 33 heavy (non-hydrogen) atoms. The molecule has 0 unspecified atom stereocenters. The van der Waals surface area contributed by atoms with Crippen molar-refractivity contribution in [2.45, 2.75) is 24.3 Å². The Hall–Kier alpha value is -2.98. The Labute approximate surface area is 194 Å². The van der Waals surface area contributed by atoms with Crippen LogP contribution in [-0.2, 0) is 21.4 Å². The lowest BCUT2D eigenvalue weighted by Gasteiger charge is -2.30. The number of rotatable bonds is 9. The Kier molecular flexibility index (Phi) is 8.04. The maximum Gasteiger partial charge on any atom is 0.243 e. The zero-order valence-electron chi connectivity index (χ0n) is 19.3. The van der Waals surface area contributed by atoms with Crippen LogP contribution in [0, 0.1) is 5.92 Å². The predicted molar refractivity (Wildman–Crippen MR) is 122 cm³/mol. The van der Waals surface area contributed by atoms with Gasteiger partial charge in [-0.25, -0.2) is 8.42 Å². The van der Waals surface area contributed by atoms with E-state index >= 15 is 0 Å². The van der Waals surface area contributed by atoms with Gasteiger partial charge in [0.1, 0.15) is 11.5 Å². The highest BCUT2D eigenvalue weighted by molar-refractivity contribution is 7.89. The number of piperidine rings is 1. The van der Waals surface area contributed by atoms with Gasteiger partial charge in [0.25, 0.3) is 0 Å². The van der Waals surface area contributed by atoms with Crippen molar-refractivity contribution in [3.63, 3.8) is 0 Å². The van der Waals surface area contributed by atoms with E-state index in [1.807, 2.05) is 18.2 Å². The van der Waals surface area contributed by atoms with Crippen LogP contribution in [0.3, 0.4) is 0 Å². The van der Waals surface area contributed by atoms with Gasteiger partial charge in [0.15, 0.2) is 11.5 Å². The number of sulfonamides is 1. The molecule has 0 aromatic heterocycles. The van der Waals surface area contributed by atoms with Crippen LogP contribution in [0.2, 0.25) is 0 Å². The minimum atomic E-state index is -3.71. The van der Waals surface area contributed by atoms with E-state index < -0.39 is 10.0 Å². The van der Waals surface area contributed by atoms with E-state index in [-0.39, 0.29) is 36.4 Å². The smallest absolute Gasteiger partial charge is 0.243 e. The highest BCUT2D eigenvalue weighted by atomic mass is 32.2. The molecular weight excluding hydrogens is 448 g/mol. The molecule has 3 rings (SSSR count). The molecule has 0 spiro atoms. The molecule has 2 aromatic carbocycles. The van der Waals surface area contributed by atoms with E-state index in [1.54, 1.807) is 20.3 Å². The van der Waals surface area contributed by atoms with Gasteiger partial charge in [0.2, 0.25) is 15.9 Å². The Balaban J connectivity index is 1.62. The average molecular weight is 479 g/mol. The van der Waals surface area contributed by atoms with Crippen LogP contribution in [0.4, 0.5) is 0 Å². The second kappa shape index (κ2) is 10.8. The molecule has 1 aliphatic rings. The molecule has 1 N–H and O–H groups in total. The second-order valence-electron chi connectivity index (χ2n) is 7.55. The molecule has 2 aromatic rings. The Morgan fingerprint density at radius 3 is 2.03 bits per heavy atom. The van der Waals surface area contributed by atoms with Gasteiger partial charge in [-0.2, -0.15) is 4.31 Å². The van der Waals surface area contributed by atoms with Crippen LogP contribution in [0.15, 0.2) is 41.3 Å². The summed E-state index contributed by atoms with van der Waals surface area (Å²) in [5, 5.41) is 2.93. The molecule has 0 bridgehead atoms. The number of carbonyl (C=O) groups is 1. The molecule has 0 saturated carbocycles. The number of hydrogen-bond donors (Lipinski definition) is 1. The summed E-state index contributed by atoms with van der Waals surface area (Å²) in [5.74, 6) is 1.67. The molecule has 1 saturated heterocycles. The molecule has 10 heteroatoms. The molecule has 1 amide bonds. The van der Waals surface area contributed by atoms with E-state index in [0.29, 0.717) is 35.8 Å². The van der Waals surface area contributed by atoms with Crippen molar-refractivity contribution in [2.75, 3.05) is 41.5 Å². The molecular formula is C23H30N2O7S. The first-order valence-corrected chi connectivity index (χ1v) is 12.0. The number of ether oxygens (including phenoxy) is 4. The van der Waals surface area contributed by atoms with Crippen LogP contribution in [0.5, 0.6) is 23.0 Å². The van der Waals surface area contributed by atoms with Crippen molar-refractivity contribution < 1.29 is 32.2 Å². The van der Waals surface area contributed by atoms with Crippen LogP contribution < -0.4 is 24.3 Å². The van der Waals surface area contributed by atoms with Crippen molar-refractivity contribution in [3.8, 4) is 23.0 Å². The van der Waals surface area contributed by atoms with Crippen molar-refractivity contribution in [2.24, 2.45) is 5.92 Å². The minimum Gasteiger partial charge on any atom is -0.496 e. The number of nitrogens with one attached hydrogen (secondary N) is 1. The summed E-state index contributed by atoms with van der Waals surface area (Å²) in [6.45, 7) is 0.773. The second-order valence-corrected chi connectivity index (χ2v) is 9.49. The fraction of sp³-hybridized carbons (Fsp3) is 0.435. The van der Waals surface area contributed by atoms with Crippen molar-refractivity contribution in [1.29, 1.82) is 0 Å². The van der Waals surface area contributed by atoms with Gasteiger partial charge >= 0.3 is 0 Å². The number of hydrogen-bond acceptors (Lipinski definition) is 7. The van der Waals surface area contributed by atoms with Gasteiger partial charge in [-0.05, 0) is 37.1 Å². The fourth-order valence-corrected chi connectivity index (χ4v) is 5.39. The summed E-state index contributed by atoms with van der Waals surface area (Å²) in [5.41, 5.74) is 0.754. The first kappa shape index (κ1) is 24.7. The fourth-order valence-electron chi connectivity index (χ4n) is 3.91. The zero-order chi connectivity index (χ0) is 24.0. The summed E-state index contributed by atoms with van der Waals surface area (Å²) in [6.07, 6.45) is 0.864. The summed E-state index contributed by atoms with van der Waals surface area (Å²) < 4.78 is 48.7. The predicted octanol–water partition coefficient (Wildman–Crippen LogP) is 2.44. The van der Waals surface area contributed by atoms with Crippen molar-refractivity contribution >= 4 is 15.9 Å². The van der Waals surface area contributed by atoms with Gasteiger partial charge in [-0.3, -0.25) is 4.79 Å². The van der Waals surface area contributed by atoms with Crippen LogP contribution in [0.25, 0.3) is 0 Å². The number of carbonyl (C=O) groups excluding carboxylic acids is 1. The Bertz CT molecular complexity index is 1060. The molecule has 180 valence electrons. The summed E-state index contributed by atoms with van der Waals surface area (Å²) >= 11 is 0. The lowest BCUT2D eigenvalue weighted by atomic mass is 9.97. The molecule has 0 aliphatic carbocycles. The number of nitrogens with zero attached hydrogens (tertiary/aromatic N) is 1. The first-order valence-electron chi connectivity index (χ1n) is 10.6. The monoisotopic (exact) mass is 478 g/mol. The van der Waals surface area contributed by atoms with E-state index in [0.717, 1.165) is 5.56 Å². The van der Waals surface area contributed by atoms with Gasteiger partial charge in [0, 0.05) is 25.1 Å². The third-order valence-corrected chi connectivity index (χ3v) is 7.68. The first-order chi connectivity index (χ1) is 15.8. The van der Waals surface area contributed by atoms with Gasteiger partial charge in [0.05, 0.1) is 45.4 Å². The highest BCUT2D eigenvalue weighted by Crippen LogP contribution is 2.32. The SMILES string of the molecule is COc1ccc(S(=O)(=O)N2CCC(C(=O)NCc3c(OC)cccc3OC)CC2)cc1OC. The number of benzene rings is 2. The summed E-state index contributed by atoms with van der Waals surface area (Å²) in [7, 11) is 2.37. The lowest BCUT2D eigenvalue weighted by molar-refractivity contribution is -0.126. The van der Waals surface area contributed by atoms with E-state index in [4.69, 9.17) is 18.9 Å². The number of methoxy groups -OCH3 is 4. The quantitative estimate of drug-likeness (QED) is 0.590. The maximum absolute atomic E-state index is 13.1. The lowest BCUT2D eigenvalue weighted by Crippen LogP contribution is -2.42. The van der Waals surface area contributed by atoms with E-state index in [9.17, 15) is 13.2 Å². The third-order valence-electron chi connectivity index (χ3n) is 5.79. The Morgan fingerprint density at radius 2 is 1.48 bits per heavy atom. The van der Waals surface area contributed by atoms with Gasteiger partial charge in [-0.15, -0.1) is 0 Å². The maximum atomic E-state index is 13.1. The van der Waals surface area contributed by atoms with Crippen molar-refractivity contribution in [1.82, 2.24) is 9.62 Å². The van der Waals surface area contributed by atoms with Crippen LogP contribution >= 0.6 is 0 Å². The molecule has 0 radical (unpaired) electrons. The molecule has 1 fully saturated rings. The average Bonchev–Trinajstić information content (AvgIpc) is 2.86. The largest absolute Gasteiger partial charge is 0.496 e. The van der Waals surface area contributed by atoms with Gasteiger partial charge in [-0.1, -0.05) is 6.07 Å². The van der Waals surface area contributed by atoms with E-state index in [2.05, 4.69) is 5.32 Å². The van der Waals surface area contributed by atoms with Crippen LogP contribution in [-0.4, -0.2) is 60.2 Å². The van der Waals surface area contributed by atoms with Crippen LogP contribution in [0.1, 0.15) is 18.4 Å².